The van der Waals surface area contributed by atoms with Crippen molar-refractivity contribution in [2.45, 2.75) is 6.92 Å². The molecule has 0 aliphatic carbocycles. The molecule has 84 valence electrons. The Morgan fingerprint density at radius 1 is 1.18 bits per heavy atom. The summed E-state index contributed by atoms with van der Waals surface area (Å²) in [6, 6.07) is 14.7. The van der Waals surface area contributed by atoms with Gasteiger partial charge >= 0.3 is 0 Å². The summed E-state index contributed by atoms with van der Waals surface area (Å²) in [5.74, 6) is 1.21. The molecule has 2 aromatic carbocycles. The number of benzene rings is 2. The predicted molar refractivity (Wildman–Crippen MR) is 67.4 cm³/mol. The lowest BCUT2D eigenvalue weighted by molar-refractivity contribution is 0.477. The number of aryl methyl sites for hydroxylation is 1. The molecule has 17 heavy (non-hydrogen) atoms. The Morgan fingerprint density at radius 3 is 2.65 bits per heavy atom. The van der Waals surface area contributed by atoms with Gasteiger partial charge in [0.25, 0.3) is 0 Å². The molecule has 2 aromatic rings. The van der Waals surface area contributed by atoms with Crippen molar-refractivity contribution in [3.8, 4) is 17.6 Å². The van der Waals surface area contributed by atoms with Crippen LogP contribution in [0.3, 0.4) is 0 Å². The zero-order valence-electron chi connectivity index (χ0n) is 9.27. The summed E-state index contributed by atoms with van der Waals surface area (Å²) in [6.45, 7) is 1.90. The zero-order chi connectivity index (χ0) is 12.3. The Hall–Kier alpha value is -1.98. The van der Waals surface area contributed by atoms with Gasteiger partial charge in [-0.1, -0.05) is 29.8 Å². The number of halogens is 1. The topological polar surface area (TPSA) is 33.0 Å². The molecular weight excluding hydrogens is 234 g/mol. The first kappa shape index (κ1) is 11.5. The molecule has 0 N–H and O–H groups in total. The summed E-state index contributed by atoms with van der Waals surface area (Å²) in [5, 5.41) is 9.63. The molecule has 0 aromatic heterocycles. The maximum absolute atomic E-state index is 9.02. The second-order valence-electron chi connectivity index (χ2n) is 3.62. The van der Waals surface area contributed by atoms with Crippen LogP contribution in [0.2, 0.25) is 5.02 Å². The van der Waals surface area contributed by atoms with Gasteiger partial charge in [0.15, 0.2) is 0 Å². The number of hydrogen-bond acceptors (Lipinski definition) is 2. The Balaban J connectivity index is 2.40. The van der Waals surface area contributed by atoms with Crippen molar-refractivity contribution in [2.24, 2.45) is 0 Å². The van der Waals surface area contributed by atoms with Gasteiger partial charge in [-0.25, -0.2) is 0 Å². The minimum Gasteiger partial charge on any atom is -0.456 e. The van der Waals surface area contributed by atoms with Gasteiger partial charge < -0.3 is 4.74 Å². The van der Waals surface area contributed by atoms with E-state index in [1.165, 1.54) is 0 Å². The van der Waals surface area contributed by atoms with Crippen LogP contribution in [0, 0.1) is 18.3 Å². The highest BCUT2D eigenvalue weighted by molar-refractivity contribution is 6.30. The summed E-state index contributed by atoms with van der Waals surface area (Å²) in [4.78, 5) is 0. The van der Waals surface area contributed by atoms with Crippen LogP contribution in [0.5, 0.6) is 11.5 Å². The fourth-order valence-electron chi connectivity index (χ4n) is 1.52. The van der Waals surface area contributed by atoms with E-state index in [1.807, 2.05) is 25.1 Å². The lowest BCUT2D eigenvalue weighted by atomic mass is 10.1. The van der Waals surface area contributed by atoms with Crippen LogP contribution in [0.1, 0.15) is 11.1 Å². The van der Waals surface area contributed by atoms with Gasteiger partial charge in [-0.3, -0.25) is 0 Å². The quantitative estimate of drug-likeness (QED) is 0.787. The molecule has 0 aliphatic rings. The second kappa shape index (κ2) is 4.90. The maximum Gasteiger partial charge on any atom is 0.148 e. The van der Waals surface area contributed by atoms with Crippen molar-refractivity contribution in [1.29, 1.82) is 5.26 Å². The standard InChI is InChI=1S/C14H10ClNO/c1-10-4-2-5-11(9-16)14(10)17-13-7-3-6-12(15)8-13/h2-8H,1H3. The van der Waals surface area contributed by atoms with Crippen LogP contribution in [0.15, 0.2) is 42.5 Å². The first-order chi connectivity index (χ1) is 8.20. The van der Waals surface area contributed by atoms with Gasteiger partial charge in [0, 0.05) is 5.02 Å². The number of hydrogen-bond donors (Lipinski definition) is 0. The van der Waals surface area contributed by atoms with E-state index >= 15 is 0 Å². The normalized spacial score (nSPS) is 9.71. The summed E-state index contributed by atoms with van der Waals surface area (Å²) >= 11 is 5.88. The number of rotatable bonds is 2. The summed E-state index contributed by atoms with van der Waals surface area (Å²) in [6.07, 6.45) is 0. The molecule has 0 radical (unpaired) electrons. The molecule has 3 heteroatoms. The molecule has 0 atom stereocenters. The van der Waals surface area contributed by atoms with Gasteiger partial charge in [-0.2, -0.15) is 5.26 Å². The Labute approximate surface area is 105 Å². The monoisotopic (exact) mass is 243 g/mol. The van der Waals surface area contributed by atoms with Crippen LogP contribution in [-0.2, 0) is 0 Å². The number of nitrogens with zero attached hydrogens (tertiary/aromatic N) is 1. The average molecular weight is 244 g/mol. The number of nitriles is 1. The summed E-state index contributed by atoms with van der Waals surface area (Å²) in [7, 11) is 0. The smallest absolute Gasteiger partial charge is 0.148 e. The SMILES string of the molecule is Cc1cccc(C#N)c1Oc1cccc(Cl)c1. The van der Waals surface area contributed by atoms with Crippen LogP contribution in [-0.4, -0.2) is 0 Å². The first-order valence-corrected chi connectivity index (χ1v) is 5.51. The fraction of sp³-hybridized carbons (Fsp3) is 0.0714. The average Bonchev–Trinajstić information content (AvgIpc) is 2.32. The molecule has 0 amide bonds. The summed E-state index contributed by atoms with van der Waals surface area (Å²) < 4.78 is 5.71. The Kier molecular flexibility index (Phi) is 3.32. The molecule has 0 aliphatic heterocycles. The van der Waals surface area contributed by atoms with E-state index in [2.05, 4.69) is 6.07 Å². The molecule has 0 saturated carbocycles. The van der Waals surface area contributed by atoms with Gasteiger partial charge in [0.1, 0.15) is 17.6 Å². The van der Waals surface area contributed by atoms with Crippen molar-refractivity contribution in [3.05, 3.63) is 58.6 Å². The summed E-state index contributed by atoms with van der Waals surface area (Å²) in [5.41, 5.74) is 1.44. The largest absolute Gasteiger partial charge is 0.456 e. The van der Waals surface area contributed by atoms with Crippen LogP contribution < -0.4 is 4.74 Å². The van der Waals surface area contributed by atoms with Gasteiger partial charge in [-0.15, -0.1) is 0 Å². The molecule has 0 saturated heterocycles. The highest BCUT2D eigenvalue weighted by Gasteiger charge is 2.07. The minimum atomic E-state index is 0.518. The number of para-hydroxylation sites is 1. The predicted octanol–water partition coefficient (Wildman–Crippen LogP) is 4.31. The van der Waals surface area contributed by atoms with Gasteiger partial charge in [0.05, 0.1) is 5.56 Å². The van der Waals surface area contributed by atoms with E-state index in [-0.39, 0.29) is 0 Å². The maximum atomic E-state index is 9.02. The van der Waals surface area contributed by atoms with Crippen LogP contribution >= 0.6 is 11.6 Å². The lowest BCUT2D eigenvalue weighted by Crippen LogP contribution is -1.91. The Morgan fingerprint density at radius 2 is 1.94 bits per heavy atom. The third-order valence-corrected chi connectivity index (χ3v) is 2.58. The van der Waals surface area contributed by atoms with Crippen molar-refractivity contribution in [2.75, 3.05) is 0 Å². The first-order valence-electron chi connectivity index (χ1n) is 5.14. The molecule has 0 unspecified atom stereocenters. The molecule has 0 spiro atoms. The van der Waals surface area contributed by atoms with E-state index in [4.69, 9.17) is 21.6 Å². The van der Waals surface area contributed by atoms with E-state index in [0.717, 1.165) is 5.56 Å². The molecule has 0 fully saturated rings. The molecule has 0 bridgehead atoms. The fourth-order valence-corrected chi connectivity index (χ4v) is 1.70. The van der Waals surface area contributed by atoms with Crippen molar-refractivity contribution in [3.63, 3.8) is 0 Å². The van der Waals surface area contributed by atoms with Crippen LogP contribution in [0.25, 0.3) is 0 Å². The molecule has 2 nitrogen and oxygen atoms in total. The van der Waals surface area contributed by atoms with Crippen molar-refractivity contribution < 1.29 is 4.74 Å². The Bertz CT molecular complexity index is 587. The van der Waals surface area contributed by atoms with Crippen LogP contribution in [0.4, 0.5) is 0 Å². The zero-order valence-corrected chi connectivity index (χ0v) is 10.0. The van der Waals surface area contributed by atoms with Gasteiger partial charge in [0.2, 0.25) is 0 Å². The third kappa shape index (κ3) is 2.58. The second-order valence-corrected chi connectivity index (χ2v) is 4.06. The highest BCUT2D eigenvalue weighted by Crippen LogP contribution is 2.29. The molecular formula is C14H10ClNO. The van der Waals surface area contributed by atoms with E-state index in [1.54, 1.807) is 24.3 Å². The van der Waals surface area contributed by atoms with Gasteiger partial charge in [-0.05, 0) is 36.8 Å². The van der Waals surface area contributed by atoms with Crippen molar-refractivity contribution in [1.82, 2.24) is 0 Å². The highest BCUT2D eigenvalue weighted by atomic mass is 35.5. The van der Waals surface area contributed by atoms with E-state index in [0.29, 0.717) is 22.1 Å². The molecule has 0 heterocycles. The van der Waals surface area contributed by atoms with E-state index < -0.39 is 0 Å². The molecule has 2 rings (SSSR count). The lowest BCUT2D eigenvalue weighted by Gasteiger charge is -2.10. The van der Waals surface area contributed by atoms with E-state index in [9.17, 15) is 0 Å². The minimum absolute atomic E-state index is 0.518. The third-order valence-electron chi connectivity index (χ3n) is 2.35. The van der Waals surface area contributed by atoms with Crippen molar-refractivity contribution >= 4 is 11.6 Å². The number of ether oxygens (including phenoxy) is 1.